The first-order valence-electron chi connectivity index (χ1n) is 6.40. The van der Waals surface area contributed by atoms with Gasteiger partial charge in [-0.05, 0) is 6.42 Å². The van der Waals surface area contributed by atoms with E-state index >= 15 is 0 Å². The normalized spacial score (nSPS) is 13.5. The van der Waals surface area contributed by atoms with Crippen molar-refractivity contribution in [2.45, 2.75) is 66.2 Å². The second kappa shape index (κ2) is 7.59. The van der Waals surface area contributed by atoms with Gasteiger partial charge in [0.05, 0.1) is 0 Å². The van der Waals surface area contributed by atoms with Gasteiger partial charge in [0.2, 0.25) is 0 Å². The molecule has 94 valence electrons. The number of rotatable bonds is 8. The molecule has 1 unspecified atom stereocenters. The molecular formula is C14H26O2. The Kier molecular flexibility index (Phi) is 7.27. The Morgan fingerprint density at radius 2 is 1.81 bits per heavy atom. The number of ketones is 1. The van der Waals surface area contributed by atoms with Crippen molar-refractivity contribution in [2.24, 2.45) is 11.3 Å². The molecule has 0 aliphatic carbocycles. The highest BCUT2D eigenvalue weighted by Gasteiger charge is 2.24. The van der Waals surface area contributed by atoms with Crippen LogP contribution < -0.4 is 0 Å². The van der Waals surface area contributed by atoms with Crippen molar-refractivity contribution >= 4 is 12.1 Å². The average molecular weight is 226 g/mol. The third-order valence-electron chi connectivity index (χ3n) is 2.91. The molecule has 0 aromatic rings. The molecule has 0 radical (unpaired) electrons. The second-order valence-corrected chi connectivity index (χ2v) is 5.62. The number of carbonyl (C=O) groups is 2. The Balaban J connectivity index is 3.92. The zero-order valence-corrected chi connectivity index (χ0v) is 11.2. The van der Waals surface area contributed by atoms with Gasteiger partial charge in [-0.1, -0.05) is 53.4 Å². The first kappa shape index (κ1) is 15.3. The highest BCUT2D eigenvalue weighted by Crippen LogP contribution is 2.21. The zero-order chi connectivity index (χ0) is 12.6. The highest BCUT2D eigenvalue weighted by atomic mass is 16.1. The van der Waals surface area contributed by atoms with Gasteiger partial charge in [-0.15, -0.1) is 0 Å². The molecule has 0 saturated carbocycles. The number of hydrogen-bond donors (Lipinski definition) is 0. The summed E-state index contributed by atoms with van der Waals surface area (Å²) in [6.45, 7) is 7.90. The van der Waals surface area contributed by atoms with Crippen molar-refractivity contribution in [1.82, 2.24) is 0 Å². The summed E-state index contributed by atoms with van der Waals surface area (Å²) in [6.07, 6.45) is 6.89. The van der Waals surface area contributed by atoms with Crippen LogP contribution in [0.25, 0.3) is 0 Å². The summed E-state index contributed by atoms with van der Waals surface area (Å²) < 4.78 is 0. The van der Waals surface area contributed by atoms with Gasteiger partial charge in [0.1, 0.15) is 12.1 Å². The molecule has 0 spiro atoms. The zero-order valence-electron chi connectivity index (χ0n) is 11.2. The number of Topliss-reactive ketones (excluding diaryl/α,β-unsaturated/α-hetero) is 1. The molecule has 0 rings (SSSR count). The third kappa shape index (κ3) is 6.76. The maximum atomic E-state index is 11.8. The summed E-state index contributed by atoms with van der Waals surface area (Å²) in [6, 6.07) is 0. The monoisotopic (exact) mass is 226 g/mol. The van der Waals surface area contributed by atoms with Gasteiger partial charge in [0, 0.05) is 17.8 Å². The molecule has 16 heavy (non-hydrogen) atoms. The van der Waals surface area contributed by atoms with Gasteiger partial charge in [-0.2, -0.15) is 0 Å². The lowest BCUT2D eigenvalue weighted by Gasteiger charge is -2.19. The van der Waals surface area contributed by atoms with Crippen molar-refractivity contribution < 1.29 is 9.59 Å². The first-order chi connectivity index (χ1) is 7.41. The lowest BCUT2D eigenvalue weighted by Crippen LogP contribution is -2.23. The van der Waals surface area contributed by atoms with Crippen molar-refractivity contribution in [3.63, 3.8) is 0 Å². The predicted octanol–water partition coefficient (Wildman–Crippen LogP) is 3.78. The summed E-state index contributed by atoms with van der Waals surface area (Å²) >= 11 is 0. The molecule has 0 saturated heterocycles. The van der Waals surface area contributed by atoms with Crippen molar-refractivity contribution in [3.8, 4) is 0 Å². The molecule has 0 bridgehead atoms. The Labute approximate surface area is 99.8 Å². The van der Waals surface area contributed by atoms with Gasteiger partial charge < -0.3 is 4.79 Å². The summed E-state index contributed by atoms with van der Waals surface area (Å²) in [7, 11) is 0. The van der Waals surface area contributed by atoms with Crippen LogP contribution in [0.1, 0.15) is 66.2 Å². The van der Waals surface area contributed by atoms with E-state index in [0.29, 0.717) is 6.42 Å². The minimum atomic E-state index is -0.315. The Morgan fingerprint density at radius 3 is 2.25 bits per heavy atom. The van der Waals surface area contributed by atoms with Gasteiger partial charge in [-0.3, -0.25) is 4.79 Å². The van der Waals surface area contributed by atoms with Crippen LogP contribution in [-0.4, -0.2) is 12.1 Å². The van der Waals surface area contributed by atoms with Crippen molar-refractivity contribution in [2.75, 3.05) is 0 Å². The predicted molar refractivity (Wildman–Crippen MR) is 67.4 cm³/mol. The van der Waals surface area contributed by atoms with E-state index in [0.717, 1.165) is 19.1 Å². The summed E-state index contributed by atoms with van der Waals surface area (Å²) in [4.78, 5) is 22.6. The van der Waals surface area contributed by atoms with Gasteiger partial charge in [0.15, 0.2) is 0 Å². The Hall–Kier alpha value is -0.660. The molecule has 0 N–H and O–H groups in total. The maximum absolute atomic E-state index is 11.8. The quantitative estimate of drug-likeness (QED) is 0.466. The molecule has 2 nitrogen and oxygen atoms in total. The van der Waals surface area contributed by atoms with E-state index in [1.165, 1.54) is 19.3 Å². The smallest absolute Gasteiger partial charge is 0.138 e. The van der Waals surface area contributed by atoms with Crippen molar-refractivity contribution in [1.29, 1.82) is 0 Å². The van der Waals surface area contributed by atoms with Crippen LogP contribution >= 0.6 is 0 Å². The van der Waals surface area contributed by atoms with Crippen LogP contribution in [0.3, 0.4) is 0 Å². The summed E-state index contributed by atoms with van der Waals surface area (Å²) in [5, 5.41) is 0. The summed E-state index contributed by atoms with van der Waals surface area (Å²) in [5.74, 6) is 0.128. The molecule has 0 amide bonds. The van der Waals surface area contributed by atoms with E-state index in [1.54, 1.807) is 0 Å². The minimum Gasteiger partial charge on any atom is -0.303 e. The van der Waals surface area contributed by atoms with E-state index in [1.807, 2.05) is 20.8 Å². The van der Waals surface area contributed by atoms with E-state index in [4.69, 9.17) is 0 Å². The number of hydrogen-bond acceptors (Lipinski definition) is 2. The lowest BCUT2D eigenvalue weighted by molar-refractivity contribution is -0.129. The topological polar surface area (TPSA) is 34.1 Å². The van der Waals surface area contributed by atoms with Gasteiger partial charge in [-0.25, -0.2) is 0 Å². The Morgan fingerprint density at radius 1 is 1.19 bits per heavy atom. The highest BCUT2D eigenvalue weighted by molar-refractivity contribution is 5.85. The molecule has 0 aliphatic rings. The maximum Gasteiger partial charge on any atom is 0.138 e. The Bertz CT molecular complexity index is 213. The molecular weight excluding hydrogens is 200 g/mol. The van der Waals surface area contributed by atoms with Crippen LogP contribution in [0.2, 0.25) is 0 Å². The lowest BCUT2D eigenvalue weighted by atomic mass is 9.84. The molecule has 2 heteroatoms. The SMILES string of the molecule is CCCCCCC(C=O)CC(=O)C(C)(C)C. The molecule has 0 fully saturated rings. The van der Waals surface area contributed by atoms with Gasteiger partial charge in [0.25, 0.3) is 0 Å². The minimum absolute atomic E-state index is 0.0661. The fourth-order valence-corrected chi connectivity index (χ4v) is 1.60. The molecule has 0 aromatic heterocycles. The van der Waals surface area contributed by atoms with Crippen LogP contribution in [0.4, 0.5) is 0 Å². The van der Waals surface area contributed by atoms with Crippen LogP contribution in [0.5, 0.6) is 0 Å². The number of aldehydes is 1. The molecule has 0 heterocycles. The van der Waals surface area contributed by atoms with E-state index < -0.39 is 0 Å². The number of carbonyl (C=O) groups excluding carboxylic acids is 2. The van der Waals surface area contributed by atoms with E-state index in [-0.39, 0.29) is 17.1 Å². The molecule has 0 aliphatic heterocycles. The van der Waals surface area contributed by atoms with Crippen LogP contribution in [0.15, 0.2) is 0 Å². The van der Waals surface area contributed by atoms with E-state index in [9.17, 15) is 9.59 Å². The van der Waals surface area contributed by atoms with E-state index in [2.05, 4.69) is 6.92 Å². The molecule has 0 aromatic carbocycles. The number of unbranched alkanes of at least 4 members (excludes halogenated alkanes) is 3. The van der Waals surface area contributed by atoms with Crippen molar-refractivity contribution in [3.05, 3.63) is 0 Å². The van der Waals surface area contributed by atoms with Crippen LogP contribution in [0, 0.1) is 11.3 Å². The average Bonchev–Trinajstić information content (AvgIpc) is 2.20. The summed E-state index contributed by atoms with van der Waals surface area (Å²) in [5.41, 5.74) is -0.315. The van der Waals surface area contributed by atoms with Gasteiger partial charge >= 0.3 is 0 Å². The largest absolute Gasteiger partial charge is 0.303 e. The first-order valence-corrected chi connectivity index (χ1v) is 6.40. The second-order valence-electron chi connectivity index (χ2n) is 5.62. The third-order valence-corrected chi connectivity index (χ3v) is 2.91. The van der Waals surface area contributed by atoms with Crippen LogP contribution in [-0.2, 0) is 9.59 Å². The molecule has 1 atom stereocenters. The fourth-order valence-electron chi connectivity index (χ4n) is 1.60. The fraction of sp³-hybridized carbons (Fsp3) is 0.857. The standard InChI is InChI=1S/C14H26O2/c1-5-6-7-8-9-12(11-15)10-13(16)14(2,3)4/h11-12H,5-10H2,1-4H3.